The Balaban J connectivity index is 1.47. The van der Waals surface area contributed by atoms with Gasteiger partial charge in [-0.2, -0.15) is 12.6 Å². The first kappa shape index (κ1) is 23.7. The van der Waals surface area contributed by atoms with Gasteiger partial charge < -0.3 is 21.3 Å². The molecule has 2 amide bonds. The molecule has 9 heteroatoms. The number of carbonyl (C=O) groups excluding carboxylic acids is 2. The minimum Gasteiger partial charge on any atom is -0.397 e. The van der Waals surface area contributed by atoms with Crippen molar-refractivity contribution < 1.29 is 9.59 Å². The van der Waals surface area contributed by atoms with Crippen LogP contribution in [0.3, 0.4) is 0 Å². The van der Waals surface area contributed by atoms with Gasteiger partial charge in [-0.25, -0.2) is 4.98 Å². The molecule has 7 nitrogen and oxygen atoms in total. The standard InChI is InChI=1S/C25H25N5O2S2/c1-30(2)14-22(31)27-17-11-12-20-21(13-17)34-25(29-20)23(33)15-7-9-16(10-8-15)24(32)28-19-6-4-3-5-18(19)26/h3-13,23,33H,14,26H2,1-2H3,(H,27,31)(H,28,32). The number of benzene rings is 3. The molecule has 1 aromatic heterocycles. The first-order valence-corrected chi connectivity index (χ1v) is 11.9. The maximum Gasteiger partial charge on any atom is 0.255 e. The molecule has 0 aliphatic carbocycles. The molecule has 1 unspecified atom stereocenters. The lowest BCUT2D eigenvalue weighted by atomic mass is 10.1. The fourth-order valence-electron chi connectivity index (χ4n) is 3.39. The Morgan fingerprint density at radius 2 is 1.79 bits per heavy atom. The van der Waals surface area contributed by atoms with Crippen LogP contribution in [0.1, 0.15) is 26.2 Å². The smallest absolute Gasteiger partial charge is 0.255 e. The number of likely N-dealkylation sites (N-methyl/N-ethyl adjacent to an activating group) is 1. The second-order valence-electron chi connectivity index (χ2n) is 8.09. The molecule has 0 radical (unpaired) electrons. The second-order valence-corrected chi connectivity index (χ2v) is 9.67. The molecule has 0 aliphatic rings. The Bertz CT molecular complexity index is 1330. The first-order chi connectivity index (χ1) is 16.3. The number of aromatic nitrogens is 1. The summed E-state index contributed by atoms with van der Waals surface area (Å²) in [5.41, 5.74) is 10.0. The van der Waals surface area contributed by atoms with Crippen LogP contribution in [-0.2, 0) is 4.79 Å². The number of anilines is 3. The average Bonchev–Trinajstić information content (AvgIpc) is 3.23. The third-order valence-corrected chi connectivity index (χ3v) is 6.88. The molecule has 1 heterocycles. The van der Waals surface area contributed by atoms with E-state index in [1.165, 1.54) is 11.3 Å². The van der Waals surface area contributed by atoms with Gasteiger partial charge in [0.25, 0.3) is 5.91 Å². The molecule has 4 N–H and O–H groups in total. The van der Waals surface area contributed by atoms with Gasteiger partial charge in [-0.15, -0.1) is 11.3 Å². The molecule has 4 aromatic rings. The number of nitrogen functional groups attached to an aromatic ring is 1. The molecule has 0 saturated heterocycles. The van der Waals surface area contributed by atoms with E-state index < -0.39 is 0 Å². The van der Waals surface area contributed by atoms with Crippen molar-refractivity contribution in [1.29, 1.82) is 0 Å². The fraction of sp³-hybridized carbons (Fsp3) is 0.160. The highest BCUT2D eigenvalue weighted by atomic mass is 32.1. The summed E-state index contributed by atoms with van der Waals surface area (Å²) >= 11 is 6.30. The number of thiol groups is 1. The predicted octanol–water partition coefficient (Wildman–Crippen LogP) is 4.65. The Morgan fingerprint density at radius 3 is 2.50 bits per heavy atom. The van der Waals surface area contributed by atoms with Crippen molar-refractivity contribution in [3.8, 4) is 0 Å². The topological polar surface area (TPSA) is 100 Å². The summed E-state index contributed by atoms with van der Waals surface area (Å²) in [7, 11) is 3.70. The quantitative estimate of drug-likeness (QED) is 0.223. The number of hydrogen-bond acceptors (Lipinski definition) is 7. The van der Waals surface area contributed by atoms with Gasteiger partial charge in [0.15, 0.2) is 0 Å². The SMILES string of the molecule is CN(C)CC(=O)Nc1ccc2nc(C(S)c3ccc(C(=O)Nc4ccccc4N)cc3)sc2c1. The summed E-state index contributed by atoms with van der Waals surface area (Å²) in [4.78, 5) is 31.1. The van der Waals surface area contributed by atoms with Crippen LogP contribution in [-0.4, -0.2) is 42.3 Å². The van der Waals surface area contributed by atoms with Crippen LogP contribution in [0.4, 0.5) is 17.1 Å². The number of carbonyl (C=O) groups is 2. The maximum absolute atomic E-state index is 12.6. The molecule has 1 atom stereocenters. The summed E-state index contributed by atoms with van der Waals surface area (Å²) in [6.45, 7) is 0.317. The second kappa shape index (κ2) is 10.3. The van der Waals surface area contributed by atoms with E-state index in [0.29, 0.717) is 23.5 Å². The molecule has 4 rings (SSSR count). The number of para-hydroxylation sites is 2. The Hall–Kier alpha value is -3.40. The van der Waals surface area contributed by atoms with E-state index in [9.17, 15) is 9.59 Å². The monoisotopic (exact) mass is 491 g/mol. The molecular formula is C25H25N5O2S2. The third kappa shape index (κ3) is 5.56. The number of fused-ring (bicyclic) bond motifs is 1. The van der Waals surface area contributed by atoms with Crippen LogP contribution < -0.4 is 16.4 Å². The number of thiazole rings is 1. The minimum atomic E-state index is -0.244. The lowest BCUT2D eigenvalue weighted by molar-refractivity contribution is -0.116. The lowest BCUT2D eigenvalue weighted by Crippen LogP contribution is -2.26. The van der Waals surface area contributed by atoms with Crippen molar-refractivity contribution in [2.75, 3.05) is 37.0 Å². The number of amides is 2. The van der Waals surface area contributed by atoms with Crippen LogP contribution in [0.5, 0.6) is 0 Å². The van der Waals surface area contributed by atoms with Gasteiger partial charge in [-0.05, 0) is 62.1 Å². The van der Waals surface area contributed by atoms with Crippen molar-refractivity contribution in [3.05, 3.63) is 82.9 Å². The number of rotatable bonds is 7. The van der Waals surface area contributed by atoms with E-state index in [2.05, 4.69) is 10.6 Å². The van der Waals surface area contributed by atoms with E-state index >= 15 is 0 Å². The molecule has 34 heavy (non-hydrogen) atoms. The van der Waals surface area contributed by atoms with Gasteiger partial charge in [-0.1, -0.05) is 24.3 Å². The molecule has 0 spiro atoms. The van der Waals surface area contributed by atoms with Crippen molar-refractivity contribution in [3.63, 3.8) is 0 Å². The third-order valence-electron chi connectivity index (χ3n) is 5.08. The summed E-state index contributed by atoms with van der Waals surface area (Å²) in [5, 5.41) is 6.33. The van der Waals surface area contributed by atoms with E-state index in [-0.39, 0.29) is 17.1 Å². The zero-order valence-corrected chi connectivity index (χ0v) is 20.5. The van der Waals surface area contributed by atoms with Crippen molar-refractivity contribution in [2.24, 2.45) is 0 Å². The number of nitrogens with zero attached hydrogens (tertiary/aromatic N) is 2. The van der Waals surface area contributed by atoms with Crippen molar-refractivity contribution in [2.45, 2.75) is 5.25 Å². The van der Waals surface area contributed by atoms with Gasteiger partial charge in [0.1, 0.15) is 5.01 Å². The molecule has 0 fully saturated rings. The van der Waals surface area contributed by atoms with E-state index in [1.807, 2.05) is 61.5 Å². The lowest BCUT2D eigenvalue weighted by Gasteiger charge is -2.10. The van der Waals surface area contributed by atoms with Crippen LogP contribution in [0, 0.1) is 0 Å². The van der Waals surface area contributed by atoms with Crippen LogP contribution >= 0.6 is 24.0 Å². The molecule has 3 aromatic carbocycles. The van der Waals surface area contributed by atoms with Crippen LogP contribution in [0.15, 0.2) is 66.7 Å². The molecule has 174 valence electrons. The summed E-state index contributed by atoms with van der Waals surface area (Å²) in [5.74, 6) is -0.302. The number of hydrogen-bond donors (Lipinski definition) is 4. The summed E-state index contributed by atoms with van der Waals surface area (Å²) < 4.78 is 0.966. The van der Waals surface area contributed by atoms with Gasteiger partial charge in [-0.3, -0.25) is 9.59 Å². The molecule has 0 saturated carbocycles. The number of nitrogens with two attached hydrogens (primary N) is 1. The Morgan fingerprint density at radius 1 is 1.06 bits per heavy atom. The van der Waals surface area contributed by atoms with Gasteiger partial charge in [0.05, 0.1) is 33.4 Å². The Kier molecular flexibility index (Phi) is 7.16. The number of nitrogens with one attached hydrogen (secondary N) is 2. The highest BCUT2D eigenvalue weighted by Crippen LogP contribution is 2.35. The van der Waals surface area contributed by atoms with Gasteiger partial charge >= 0.3 is 0 Å². The summed E-state index contributed by atoms with van der Waals surface area (Å²) in [6.07, 6.45) is 0. The van der Waals surface area contributed by atoms with E-state index in [1.54, 1.807) is 24.3 Å². The Labute approximate surface area is 207 Å². The normalized spacial score (nSPS) is 12.0. The van der Waals surface area contributed by atoms with E-state index in [4.69, 9.17) is 23.3 Å². The van der Waals surface area contributed by atoms with Crippen LogP contribution in [0.2, 0.25) is 0 Å². The summed E-state index contributed by atoms with van der Waals surface area (Å²) in [6, 6.07) is 20.1. The largest absolute Gasteiger partial charge is 0.397 e. The first-order valence-electron chi connectivity index (χ1n) is 10.6. The van der Waals surface area contributed by atoms with Crippen LogP contribution in [0.25, 0.3) is 10.2 Å². The van der Waals surface area contributed by atoms with Gasteiger partial charge in [0.2, 0.25) is 5.91 Å². The fourth-order valence-corrected chi connectivity index (χ4v) is 4.80. The molecule has 0 bridgehead atoms. The molecule has 0 aliphatic heterocycles. The van der Waals surface area contributed by atoms with E-state index in [0.717, 1.165) is 26.5 Å². The van der Waals surface area contributed by atoms with Gasteiger partial charge in [0, 0.05) is 11.3 Å². The average molecular weight is 492 g/mol. The predicted molar refractivity (Wildman–Crippen MR) is 143 cm³/mol. The zero-order chi connectivity index (χ0) is 24.2. The highest BCUT2D eigenvalue weighted by molar-refractivity contribution is 7.81. The molecular weight excluding hydrogens is 466 g/mol. The van der Waals surface area contributed by atoms with Crippen molar-refractivity contribution >= 4 is 63.1 Å². The van der Waals surface area contributed by atoms with Crippen molar-refractivity contribution in [1.82, 2.24) is 9.88 Å². The minimum absolute atomic E-state index is 0.0692. The maximum atomic E-state index is 12.6. The zero-order valence-electron chi connectivity index (χ0n) is 18.8. The highest BCUT2D eigenvalue weighted by Gasteiger charge is 2.16.